The summed E-state index contributed by atoms with van der Waals surface area (Å²) < 4.78 is 63.9. The lowest BCUT2D eigenvalue weighted by atomic mass is 9.93. The SMILES string of the molecule is CC(=O)N[C@H]1[C@H](O[C@@H]2[C@H](O)[C@H](O[C@H]3[C@@H](O)[C@@H](O)C(O)O[C@@H]3CO)O[C@H](CO)[C@@H]2O)O[C@H](CO)[C@@H](O[C@@H]2O[C@@H](C)[C@@H](O)[C@@H](O)[C@@H]2O)[C@@H]1O[C@@H]1O[C@H](CO)[C@H](O)[C@H](O)[C@H]1O[C@@H]1O[C@@H](C)[C@@H](O)[C@@H](O)[C@@H]1O. The molecule has 30 heteroatoms. The van der Waals surface area contributed by atoms with Gasteiger partial charge in [-0.2, -0.15) is 0 Å². The number of hydrogen-bond acceptors (Lipinski definition) is 29. The van der Waals surface area contributed by atoms with E-state index in [0.717, 1.165) is 6.92 Å². The van der Waals surface area contributed by atoms with Gasteiger partial charge in [0.05, 0.1) is 38.6 Å². The molecule has 0 aromatic rings. The van der Waals surface area contributed by atoms with Crippen LogP contribution in [0.25, 0.3) is 0 Å². The van der Waals surface area contributed by atoms with Crippen LogP contribution in [0.3, 0.4) is 0 Å². The second kappa shape index (κ2) is 23.5. The highest BCUT2D eigenvalue weighted by atomic mass is 16.8. The molecule has 6 rings (SSSR count). The molecule has 396 valence electrons. The highest BCUT2D eigenvalue weighted by Crippen LogP contribution is 2.38. The summed E-state index contributed by atoms with van der Waals surface area (Å²) in [6.07, 6.45) is -54.0. The number of hydrogen-bond donors (Lipinski definition) is 18. The highest BCUT2D eigenvalue weighted by Gasteiger charge is 2.59. The van der Waals surface area contributed by atoms with Gasteiger partial charge < -0.3 is 144 Å². The molecular weight excluding hydrogens is 934 g/mol. The standard InChI is InChI=1S/C38H65NO29/c1-8-16(45)20(49)25(54)35(58-8)65-29-14(7-43)63-34(67-31-19(48)12(5-41)61-37(27(31)56)64-28-13(6-42)60-33(57)24(53)23(28)52)15(39-10(3)44)30(29)66-38-32(22(51)18(47)11(4-40)62-38)68-36-26(55)21(50)17(46)9(2)59-36/h8-9,11-38,40-43,45-57H,4-7H2,1-3H3,(H,39,44)/t8-,9-,11+,12+,13+,14+,15+,16+,17+,18-,19-,20+,21+,22-,23-,24+,25-,26-,27-,28+,29+,30+,31-,32+,33?,34-,35-,36-,37-,38-/m0/s1. The zero-order chi connectivity index (χ0) is 50.2. The van der Waals surface area contributed by atoms with Crippen LogP contribution in [0.15, 0.2) is 0 Å². The van der Waals surface area contributed by atoms with Gasteiger partial charge in [-0.1, -0.05) is 0 Å². The Morgan fingerprint density at radius 2 is 0.794 bits per heavy atom. The average molecular weight is 1000 g/mol. The molecule has 0 bridgehead atoms. The third-order valence-electron chi connectivity index (χ3n) is 12.8. The van der Waals surface area contributed by atoms with Gasteiger partial charge in [-0.15, -0.1) is 0 Å². The number of amides is 1. The zero-order valence-corrected chi connectivity index (χ0v) is 36.7. The van der Waals surface area contributed by atoms with Crippen molar-refractivity contribution in [2.75, 3.05) is 26.4 Å². The van der Waals surface area contributed by atoms with Gasteiger partial charge >= 0.3 is 0 Å². The molecule has 6 heterocycles. The van der Waals surface area contributed by atoms with Gasteiger partial charge in [-0.25, -0.2) is 0 Å². The molecule has 30 atom stereocenters. The number of aliphatic hydroxyl groups excluding tert-OH is 17. The fourth-order valence-electron chi connectivity index (χ4n) is 8.78. The molecule has 6 aliphatic heterocycles. The molecule has 0 saturated carbocycles. The molecular formula is C38H65NO29. The lowest BCUT2D eigenvalue weighted by Crippen LogP contribution is -2.71. The maximum absolute atomic E-state index is 13.1. The van der Waals surface area contributed by atoms with E-state index in [-0.39, 0.29) is 0 Å². The van der Waals surface area contributed by atoms with E-state index >= 15 is 0 Å². The Balaban J connectivity index is 1.39. The molecule has 1 amide bonds. The number of ether oxygens (including phenoxy) is 11. The fourth-order valence-corrected chi connectivity index (χ4v) is 8.78. The first-order chi connectivity index (χ1) is 32.1. The Labute approximate surface area is 386 Å². The van der Waals surface area contributed by atoms with E-state index in [1.807, 2.05) is 0 Å². The zero-order valence-electron chi connectivity index (χ0n) is 36.7. The third kappa shape index (κ3) is 11.4. The smallest absolute Gasteiger partial charge is 0.217 e. The summed E-state index contributed by atoms with van der Waals surface area (Å²) >= 11 is 0. The minimum absolute atomic E-state index is 0.894. The molecule has 6 saturated heterocycles. The largest absolute Gasteiger partial charge is 0.394 e. The minimum atomic E-state index is -2.19. The summed E-state index contributed by atoms with van der Waals surface area (Å²) in [4.78, 5) is 13.1. The van der Waals surface area contributed by atoms with Crippen LogP contribution < -0.4 is 5.32 Å². The summed E-state index contributed by atoms with van der Waals surface area (Å²) in [5.74, 6) is -0.894. The van der Waals surface area contributed by atoms with Crippen molar-refractivity contribution in [1.82, 2.24) is 5.32 Å². The maximum Gasteiger partial charge on any atom is 0.217 e. The summed E-state index contributed by atoms with van der Waals surface area (Å²) in [5.41, 5.74) is 0. The van der Waals surface area contributed by atoms with Crippen molar-refractivity contribution in [3.8, 4) is 0 Å². The van der Waals surface area contributed by atoms with E-state index in [2.05, 4.69) is 5.32 Å². The lowest BCUT2D eigenvalue weighted by molar-refractivity contribution is -0.400. The van der Waals surface area contributed by atoms with E-state index in [0.29, 0.717) is 0 Å². The predicted octanol–water partition coefficient (Wildman–Crippen LogP) is -11.9. The van der Waals surface area contributed by atoms with Crippen LogP contribution in [-0.2, 0) is 56.9 Å². The summed E-state index contributed by atoms with van der Waals surface area (Å²) in [6.45, 7) is -0.357. The molecule has 0 aromatic heterocycles. The van der Waals surface area contributed by atoms with Crippen LogP contribution in [0.2, 0.25) is 0 Å². The molecule has 30 nitrogen and oxygen atoms in total. The van der Waals surface area contributed by atoms with E-state index in [4.69, 9.17) is 52.1 Å². The van der Waals surface area contributed by atoms with Crippen molar-refractivity contribution in [3.63, 3.8) is 0 Å². The number of nitrogens with one attached hydrogen (secondary N) is 1. The number of carbonyl (C=O) groups excluding carboxylic acids is 1. The van der Waals surface area contributed by atoms with Gasteiger partial charge in [0.25, 0.3) is 0 Å². The average Bonchev–Trinajstić information content (AvgIpc) is 3.31. The van der Waals surface area contributed by atoms with Crippen molar-refractivity contribution in [1.29, 1.82) is 0 Å². The molecule has 6 fully saturated rings. The summed E-state index contributed by atoms with van der Waals surface area (Å²) in [6, 6.07) is -1.86. The van der Waals surface area contributed by atoms with Gasteiger partial charge in [0.15, 0.2) is 37.7 Å². The third-order valence-corrected chi connectivity index (χ3v) is 12.8. The van der Waals surface area contributed by atoms with Crippen LogP contribution in [0.1, 0.15) is 20.8 Å². The molecule has 18 N–H and O–H groups in total. The van der Waals surface area contributed by atoms with Crippen molar-refractivity contribution in [3.05, 3.63) is 0 Å². The Hall–Kier alpha value is -1.65. The van der Waals surface area contributed by atoms with E-state index < -0.39 is 217 Å². The molecule has 0 spiro atoms. The van der Waals surface area contributed by atoms with Crippen molar-refractivity contribution in [2.45, 2.75) is 205 Å². The van der Waals surface area contributed by atoms with Gasteiger partial charge in [-0.05, 0) is 13.8 Å². The number of aliphatic hydroxyl groups is 17. The minimum Gasteiger partial charge on any atom is -0.394 e. The fraction of sp³-hybridized carbons (Fsp3) is 0.974. The second-order valence-electron chi connectivity index (χ2n) is 17.5. The maximum atomic E-state index is 13.1. The number of carbonyl (C=O) groups is 1. The van der Waals surface area contributed by atoms with E-state index in [9.17, 15) is 91.6 Å². The number of rotatable bonds is 15. The molecule has 0 aromatic carbocycles. The molecule has 0 radical (unpaired) electrons. The van der Waals surface area contributed by atoms with E-state index in [1.165, 1.54) is 13.8 Å². The Morgan fingerprint density at radius 1 is 0.382 bits per heavy atom. The molecule has 6 aliphatic rings. The predicted molar refractivity (Wildman–Crippen MR) is 208 cm³/mol. The first-order valence-corrected chi connectivity index (χ1v) is 21.8. The van der Waals surface area contributed by atoms with Gasteiger partial charge in [0.2, 0.25) is 5.91 Å². The van der Waals surface area contributed by atoms with Crippen LogP contribution in [-0.4, -0.2) is 303 Å². The van der Waals surface area contributed by atoms with Gasteiger partial charge in [-0.3, -0.25) is 4.79 Å². The Morgan fingerprint density at radius 3 is 1.32 bits per heavy atom. The van der Waals surface area contributed by atoms with Gasteiger partial charge in [0, 0.05) is 6.92 Å². The van der Waals surface area contributed by atoms with E-state index in [1.54, 1.807) is 0 Å². The summed E-state index contributed by atoms with van der Waals surface area (Å²) in [5, 5.41) is 184. The molecule has 1 unspecified atom stereocenters. The van der Waals surface area contributed by atoms with Crippen molar-refractivity contribution < 1.29 is 144 Å². The van der Waals surface area contributed by atoms with Crippen LogP contribution >= 0.6 is 0 Å². The van der Waals surface area contributed by atoms with Gasteiger partial charge in [0.1, 0.15) is 134 Å². The normalized spacial score (nSPS) is 52.6. The Bertz CT molecular complexity index is 1590. The highest BCUT2D eigenvalue weighted by molar-refractivity contribution is 5.73. The van der Waals surface area contributed by atoms with Crippen LogP contribution in [0.5, 0.6) is 0 Å². The first-order valence-electron chi connectivity index (χ1n) is 21.8. The summed E-state index contributed by atoms with van der Waals surface area (Å²) in [7, 11) is 0. The van der Waals surface area contributed by atoms with Crippen molar-refractivity contribution in [2.24, 2.45) is 0 Å². The Kier molecular flexibility index (Phi) is 19.2. The quantitative estimate of drug-likeness (QED) is 0.0724. The first kappa shape index (κ1) is 55.7. The molecule has 68 heavy (non-hydrogen) atoms. The monoisotopic (exact) mass is 999 g/mol. The second-order valence-corrected chi connectivity index (χ2v) is 17.5. The topological polar surface area (TPSA) is 475 Å². The molecule has 0 aliphatic carbocycles. The van der Waals surface area contributed by atoms with Crippen molar-refractivity contribution >= 4 is 5.91 Å². The van der Waals surface area contributed by atoms with Crippen LogP contribution in [0, 0.1) is 0 Å². The lowest BCUT2D eigenvalue weighted by Gasteiger charge is -2.52. The van der Waals surface area contributed by atoms with Crippen LogP contribution in [0.4, 0.5) is 0 Å².